The average Bonchev–Trinajstić information content (AvgIpc) is 3.18. The van der Waals surface area contributed by atoms with Gasteiger partial charge in [-0.15, -0.1) is 0 Å². The van der Waals surface area contributed by atoms with E-state index in [1.54, 1.807) is 0 Å². The minimum absolute atomic E-state index is 0.340. The van der Waals surface area contributed by atoms with E-state index < -0.39 is 0 Å². The first kappa shape index (κ1) is 16.6. The summed E-state index contributed by atoms with van der Waals surface area (Å²) in [4.78, 5) is 19.6. The molecule has 4 nitrogen and oxygen atoms in total. The van der Waals surface area contributed by atoms with Crippen LogP contribution in [-0.4, -0.2) is 83.5 Å². The number of carbonyl (C=O) groups is 1. The molecule has 2 atom stereocenters. The molecule has 0 aliphatic carbocycles. The largest absolute Gasteiger partial charge is 0.341 e. The predicted octanol–water partition coefficient (Wildman–Crippen LogP) is 1.90. The summed E-state index contributed by atoms with van der Waals surface area (Å²) >= 11 is 2.02. The van der Waals surface area contributed by atoms with E-state index in [0.717, 1.165) is 19.1 Å². The summed E-state index contributed by atoms with van der Waals surface area (Å²) < 4.78 is 0. The quantitative estimate of drug-likeness (QED) is 0.789. The minimum atomic E-state index is 0.340. The van der Waals surface area contributed by atoms with Crippen molar-refractivity contribution < 1.29 is 4.79 Å². The van der Waals surface area contributed by atoms with Gasteiger partial charge in [-0.3, -0.25) is 14.6 Å². The Morgan fingerprint density at radius 3 is 2.55 bits per heavy atom. The molecule has 1 amide bonds. The van der Waals surface area contributed by atoms with E-state index in [4.69, 9.17) is 0 Å². The first-order chi connectivity index (χ1) is 10.6. The van der Waals surface area contributed by atoms with Crippen LogP contribution >= 0.6 is 11.8 Å². The number of carbonyl (C=O) groups excluding carboxylic acids is 1. The molecule has 3 heterocycles. The maximum absolute atomic E-state index is 12.5. The summed E-state index contributed by atoms with van der Waals surface area (Å²) in [6, 6.07) is 2.07. The van der Waals surface area contributed by atoms with Crippen molar-refractivity contribution in [3.8, 4) is 0 Å². The standard InChI is InChI=1S/C17H31N3OS/c1-14-4-3-8-20(14)15-5-9-19(10-6-15)17(21)12-18(2)16-7-11-22-13-16/h14-16H,3-13H2,1-2H3/t14-,16-/m1/s1. The first-order valence-electron chi connectivity index (χ1n) is 8.96. The summed E-state index contributed by atoms with van der Waals surface area (Å²) in [7, 11) is 2.12. The molecule has 0 aromatic rings. The zero-order valence-corrected chi connectivity index (χ0v) is 15.0. The van der Waals surface area contributed by atoms with Gasteiger partial charge in [-0.05, 0) is 58.4 Å². The molecule has 0 N–H and O–H groups in total. The van der Waals surface area contributed by atoms with Crippen LogP contribution in [0, 0.1) is 0 Å². The minimum Gasteiger partial charge on any atom is -0.341 e. The molecule has 3 rings (SSSR count). The van der Waals surface area contributed by atoms with Gasteiger partial charge in [0.05, 0.1) is 6.54 Å². The van der Waals surface area contributed by atoms with Crippen molar-refractivity contribution in [3.63, 3.8) is 0 Å². The van der Waals surface area contributed by atoms with Crippen molar-refractivity contribution in [2.24, 2.45) is 0 Å². The van der Waals surface area contributed by atoms with Crippen LogP contribution < -0.4 is 0 Å². The van der Waals surface area contributed by atoms with Crippen LogP contribution in [0.5, 0.6) is 0 Å². The summed E-state index contributed by atoms with van der Waals surface area (Å²) in [6.07, 6.45) is 6.27. The monoisotopic (exact) mass is 325 g/mol. The Kier molecular flexibility index (Phi) is 5.69. The Hall–Kier alpha value is -0.260. The molecule has 0 saturated carbocycles. The molecule has 3 aliphatic rings. The van der Waals surface area contributed by atoms with E-state index in [9.17, 15) is 4.79 Å². The summed E-state index contributed by atoms with van der Waals surface area (Å²) in [5.74, 6) is 2.79. The molecule has 0 aromatic carbocycles. The highest BCUT2D eigenvalue weighted by Crippen LogP contribution is 2.26. The van der Waals surface area contributed by atoms with Crippen LogP contribution in [0.25, 0.3) is 0 Å². The molecule has 0 spiro atoms. The van der Waals surface area contributed by atoms with E-state index >= 15 is 0 Å². The molecule has 0 aromatic heterocycles. The molecule has 3 fully saturated rings. The van der Waals surface area contributed by atoms with Crippen molar-refractivity contribution in [2.75, 3.05) is 44.7 Å². The Labute approximate surface area is 139 Å². The number of piperidine rings is 1. The zero-order valence-electron chi connectivity index (χ0n) is 14.2. The van der Waals surface area contributed by atoms with E-state index in [1.165, 1.54) is 50.2 Å². The molecule has 0 radical (unpaired) electrons. The van der Waals surface area contributed by atoms with Crippen molar-refractivity contribution in [1.82, 2.24) is 14.7 Å². The lowest BCUT2D eigenvalue weighted by atomic mass is 10.0. The Morgan fingerprint density at radius 1 is 1.18 bits per heavy atom. The predicted molar refractivity (Wildman–Crippen MR) is 93.4 cm³/mol. The van der Waals surface area contributed by atoms with Crippen molar-refractivity contribution in [1.29, 1.82) is 0 Å². The maximum Gasteiger partial charge on any atom is 0.236 e. The molecule has 3 aliphatic heterocycles. The van der Waals surface area contributed by atoms with Crippen LogP contribution in [-0.2, 0) is 4.79 Å². The highest BCUT2D eigenvalue weighted by Gasteiger charge is 2.32. The Bertz CT molecular complexity index is 378. The van der Waals surface area contributed by atoms with Gasteiger partial charge in [-0.25, -0.2) is 0 Å². The number of amides is 1. The normalized spacial score (nSPS) is 31.3. The Morgan fingerprint density at radius 2 is 1.95 bits per heavy atom. The summed E-state index contributed by atoms with van der Waals surface area (Å²) in [6.45, 7) is 6.15. The fourth-order valence-corrected chi connectivity index (χ4v) is 5.56. The van der Waals surface area contributed by atoms with Crippen molar-refractivity contribution in [3.05, 3.63) is 0 Å². The van der Waals surface area contributed by atoms with E-state index in [1.807, 2.05) is 11.8 Å². The van der Waals surface area contributed by atoms with Crippen molar-refractivity contribution in [2.45, 2.75) is 57.2 Å². The number of thioether (sulfide) groups is 1. The van der Waals surface area contributed by atoms with E-state index in [-0.39, 0.29) is 0 Å². The molecule has 0 unspecified atom stereocenters. The molecule has 5 heteroatoms. The molecule has 22 heavy (non-hydrogen) atoms. The number of likely N-dealkylation sites (tertiary alicyclic amines) is 2. The smallest absolute Gasteiger partial charge is 0.236 e. The fraction of sp³-hybridized carbons (Fsp3) is 0.941. The fourth-order valence-electron chi connectivity index (χ4n) is 4.26. The number of hydrogen-bond acceptors (Lipinski definition) is 4. The van der Waals surface area contributed by atoms with Gasteiger partial charge in [-0.2, -0.15) is 11.8 Å². The van der Waals surface area contributed by atoms with Crippen molar-refractivity contribution >= 4 is 17.7 Å². The van der Waals surface area contributed by atoms with Gasteiger partial charge in [0.15, 0.2) is 0 Å². The third kappa shape index (κ3) is 3.80. The van der Waals surface area contributed by atoms with Crippen LogP contribution in [0.2, 0.25) is 0 Å². The number of rotatable bonds is 4. The lowest BCUT2D eigenvalue weighted by molar-refractivity contribution is -0.134. The summed E-state index contributed by atoms with van der Waals surface area (Å²) in [5.41, 5.74) is 0. The average molecular weight is 326 g/mol. The number of nitrogens with zero attached hydrogens (tertiary/aromatic N) is 3. The van der Waals surface area contributed by atoms with E-state index in [2.05, 4.69) is 28.7 Å². The lowest BCUT2D eigenvalue weighted by Crippen LogP contribution is -2.50. The van der Waals surface area contributed by atoms with Gasteiger partial charge in [0.1, 0.15) is 0 Å². The second kappa shape index (κ2) is 7.54. The topological polar surface area (TPSA) is 26.8 Å². The Balaban J connectivity index is 1.43. The third-order valence-electron chi connectivity index (χ3n) is 5.80. The molecular formula is C17H31N3OS. The second-order valence-corrected chi connectivity index (χ2v) is 8.42. The molecule has 126 valence electrons. The highest BCUT2D eigenvalue weighted by atomic mass is 32.2. The maximum atomic E-state index is 12.5. The lowest BCUT2D eigenvalue weighted by Gasteiger charge is -2.39. The zero-order chi connectivity index (χ0) is 15.5. The molecule has 0 bridgehead atoms. The SMILES string of the molecule is C[C@@H]1CCCN1C1CCN(C(=O)CN(C)[C@@H]2CCSC2)CC1. The van der Waals surface area contributed by atoms with Crippen LogP contribution in [0.15, 0.2) is 0 Å². The van der Waals surface area contributed by atoms with Gasteiger partial charge in [-0.1, -0.05) is 0 Å². The van der Waals surface area contributed by atoms with E-state index in [0.29, 0.717) is 24.5 Å². The third-order valence-corrected chi connectivity index (χ3v) is 6.95. The highest BCUT2D eigenvalue weighted by molar-refractivity contribution is 7.99. The van der Waals surface area contributed by atoms with Gasteiger partial charge >= 0.3 is 0 Å². The van der Waals surface area contributed by atoms with Crippen LogP contribution in [0.3, 0.4) is 0 Å². The number of hydrogen-bond donors (Lipinski definition) is 0. The summed E-state index contributed by atoms with van der Waals surface area (Å²) in [5, 5.41) is 0. The van der Waals surface area contributed by atoms with Gasteiger partial charge in [0.2, 0.25) is 5.91 Å². The number of likely N-dealkylation sites (N-methyl/N-ethyl adjacent to an activating group) is 1. The van der Waals surface area contributed by atoms with Gasteiger partial charge < -0.3 is 4.90 Å². The second-order valence-electron chi connectivity index (χ2n) is 7.27. The van der Waals surface area contributed by atoms with Gasteiger partial charge in [0, 0.05) is 37.0 Å². The first-order valence-corrected chi connectivity index (χ1v) is 10.1. The van der Waals surface area contributed by atoms with Gasteiger partial charge in [0.25, 0.3) is 0 Å². The van der Waals surface area contributed by atoms with Crippen LogP contribution in [0.4, 0.5) is 0 Å². The van der Waals surface area contributed by atoms with Crippen LogP contribution in [0.1, 0.15) is 39.0 Å². The molecule has 3 saturated heterocycles. The molecular weight excluding hydrogens is 294 g/mol.